The first-order valence-corrected chi connectivity index (χ1v) is 9.02. The molecule has 0 aliphatic heterocycles. The highest BCUT2D eigenvalue weighted by atomic mass is 79.9. The van der Waals surface area contributed by atoms with Gasteiger partial charge in [-0.3, -0.25) is 4.68 Å². The summed E-state index contributed by atoms with van der Waals surface area (Å²) in [5.41, 5.74) is 6.94. The third kappa shape index (κ3) is 2.91. The Hall–Kier alpha value is -1.59. The molecule has 2 aromatic heterocycles. The predicted molar refractivity (Wildman–Crippen MR) is 102 cm³/mol. The van der Waals surface area contributed by atoms with Gasteiger partial charge in [0.2, 0.25) is 0 Å². The molecule has 0 aliphatic rings. The molecule has 0 bridgehead atoms. The lowest BCUT2D eigenvalue weighted by Crippen LogP contribution is -2.24. The monoisotopic (exact) mass is 389 g/mol. The van der Waals surface area contributed by atoms with Crippen LogP contribution in [0, 0.1) is 34.6 Å². The predicted octanol–water partition coefficient (Wildman–Crippen LogP) is 4.20. The van der Waals surface area contributed by atoms with E-state index in [0.29, 0.717) is 13.1 Å². The van der Waals surface area contributed by atoms with Crippen LogP contribution < -0.4 is 0 Å². The molecule has 0 saturated carbocycles. The maximum atomic E-state index is 10.6. The molecule has 1 atom stereocenters. The van der Waals surface area contributed by atoms with Gasteiger partial charge in [-0.15, -0.1) is 0 Å². The molecule has 3 aromatic rings. The fourth-order valence-electron chi connectivity index (χ4n) is 3.32. The minimum atomic E-state index is -0.495. The van der Waals surface area contributed by atoms with Gasteiger partial charge in [0.1, 0.15) is 0 Å². The number of aliphatic hydroxyl groups excluding tert-OH is 1. The summed E-state index contributed by atoms with van der Waals surface area (Å²) in [5.74, 6) is 0. The van der Waals surface area contributed by atoms with E-state index in [-0.39, 0.29) is 0 Å². The maximum absolute atomic E-state index is 10.6. The van der Waals surface area contributed by atoms with E-state index >= 15 is 0 Å². The van der Waals surface area contributed by atoms with Crippen LogP contribution >= 0.6 is 15.9 Å². The van der Waals surface area contributed by atoms with Crippen LogP contribution in [0.4, 0.5) is 0 Å². The van der Waals surface area contributed by atoms with Gasteiger partial charge >= 0.3 is 0 Å². The zero-order chi connectivity index (χ0) is 17.6. The van der Waals surface area contributed by atoms with E-state index in [9.17, 15) is 5.11 Å². The van der Waals surface area contributed by atoms with Gasteiger partial charge in [-0.25, -0.2) is 0 Å². The van der Waals surface area contributed by atoms with Crippen molar-refractivity contribution < 1.29 is 5.11 Å². The zero-order valence-electron chi connectivity index (χ0n) is 14.9. The number of aromatic nitrogens is 3. The van der Waals surface area contributed by atoms with Crippen molar-refractivity contribution in [3.8, 4) is 0 Å². The topological polar surface area (TPSA) is 43.0 Å². The van der Waals surface area contributed by atoms with E-state index in [1.165, 1.54) is 27.7 Å². The SMILES string of the molecule is Cc1ccc2c(c1)c(C)c(C)n2C[C@H](O)Cn1nc(C)c(Br)c1C. The molecule has 0 unspecified atom stereocenters. The Morgan fingerprint density at radius 3 is 2.42 bits per heavy atom. The molecule has 0 fully saturated rings. The lowest BCUT2D eigenvalue weighted by molar-refractivity contribution is 0.130. The maximum Gasteiger partial charge on any atom is 0.0914 e. The van der Waals surface area contributed by atoms with Gasteiger partial charge in [-0.1, -0.05) is 11.6 Å². The third-order valence-electron chi connectivity index (χ3n) is 4.86. The molecule has 0 radical (unpaired) electrons. The second-order valence-electron chi connectivity index (χ2n) is 6.66. The smallest absolute Gasteiger partial charge is 0.0914 e. The van der Waals surface area contributed by atoms with Gasteiger partial charge < -0.3 is 9.67 Å². The van der Waals surface area contributed by atoms with Crippen molar-refractivity contribution in [1.29, 1.82) is 0 Å². The van der Waals surface area contributed by atoms with E-state index in [2.05, 4.69) is 64.6 Å². The van der Waals surface area contributed by atoms with Crippen LogP contribution in [0.2, 0.25) is 0 Å². The Morgan fingerprint density at radius 1 is 1.08 bits per heavy atom. The van der Waals surface area contributed by atoms with Gasteiger partial charge in [0, 0.05) is 22.3 Å². The number of halogens is 1. The first-order valence-electron chi connectivity index (χ1n) is 8.23. The Balaban J connectivity index is 1.89. The van der Waals surface area contributed by atoms with Gasteiger partial charge in [-0.05, 0) is 68.2 Å². The van der Waals surface area contributed by atoms with Crippen molar-refractivity contribution in [2.75, 3.05) is 0 Å². The second-order valence-corrected chi connectivity index (χ2v) is 7.46. The highest BCUT2D eigenvalue weighted by Crippen LogP contribution is 2.27. The summed E-state index contributed by atoms with van der Waals surface area (Å²) in [4.78, 5) is 0. The number of nitrogens with zero attached hydrogens (tertiary/aromatic N) is 3. The first kappa shape index (κ1) is 17.2. The number of aliphatic hydroxyl groups is 1. The summed E-state index contributed by atoms with van der Waals surface area (Å²) in [7, 11) is 0. The molecule has 0 aliphatic carbocycles. The van der Waals surface area contributed by atoms with Crippen LogP contribution in [-0.2, 0) is 13.1 Å². The van der Waals surface area contributed by atoms with Gasteiger partial charge in [-0.2, -0.15) is 5.10 Å². The third-order valence-corrected chi connectivity index (χ3v) is 6.01. The van der Waals surface area contributed by atoms with Crippen molar-refractivity contribution in [3.05, 3.63) is 50.9 Å². The van der Waals surface area contributed by atoms with Crippen LogP contribution in [0.1, 0.15) is 28.2 Å². The quantitative estimate of drug-likeness (QED) is 0.726. The number of benzene rings is 1. The van der Waals surface area contributed by atoms with Gasteiger partial charge in [0.05, 0.1) is 29.4 Å². The van der Waals surface area contributed by atoms with E-state index in [1.807, 2.05) is 18.5 Å². The average molecular weight is 390 g/mol. The summed E-state index contributed by atoms with van der Waals surface area (Å²) in [6, 6.07) is 6.50. The number of fused-ring (bicyclic) bond motifs is 1. The largest absolute Gasteiger partial charge is 0.389 e. The van der Waals surface area contributed by atoms with E-state index < -0.39 is 6.10 Å². The number of hydrogen-bond acceptors (Lipinski definition) is 2. The highest BCUT2D eigenvalue weighted by Gasteiger charge is 2.17. The number of aryl methyl sites for hydroxylation is 3. The van der Waals surface area contributed by atoms with Crippen LogP contribution in [-0.4, -0.2) is 25.6 Å². The fraction of sp³-hybridized carbons (Fsp3) is 0.421. The summed E-state index contributed by atoms with van der Waals surface area (Å²) in [6.45, 7) is 11.4. The van der Waals surface area contributed by atoms with Crippen molar-refractivity contribution in [3.63, 3.8) is 0 Å². The molecule has 0 amide bonds. The zero-order valence-corrected chi connectivity index (χ0v) is 16.5. The normalized spacial score (nSPS) is 13.0. The van der Waals surface area contributed by atoms with Gasteiger partial charge in [0.15, 0.2) is 0 Å². The second kappa shape index (κ2) is 6.37. The van der Waals surface area contributed by atoms with Crippen molar-refractivity contribution in [2.24, 2.45) is 0 Å². The highest BCUT2D eigenvalue weighted by molar-refractivity contribution is 9.10. The molecule has 3 rings (SSSR count). The lowest BCUT2D eigenvalue weighted by atomic mass is 10.1. The Bertz CT molecular complexity index is 907. The van der Waals surface area contributed by atoms with E-state index in [0.717, 1.165) is 15.9 Å². The minimum absolute atomic E-state index is 0.488. The molecule has 0 spiro atoms. The van der Waals surface area contributed by atoms with Crippen LogP contribution in [0.25, 0.3) is 10.9 Å². The first-order chi connectivity index (χ1) is 11.3. The van der Waals surface area contributed by atoms with E-state index in [4.69, 9.17) is 0 Å². The number of rotatable bonds is 4. The molecular weight excluding hydrogens is 366 g/mol. The molecular formula is C19H24BrN3O. The average Bonchev–Trinajstić information content (AvgIpc) is 2.90. The van der Waals surface area contributed by atoms with Crippen molar-refractivity contribution in [1.82, 2.24) is 14.3 Å². The summed E-state index contributed by atoms with van der Waals surface area (Å²) in [5, 5.41) is 16.4. The van der Waals surface area contributed by atoms with Gasteiger partial charge in [0.25, 0.3) is 0 Å². The molecule has 128 valence electrons. The van der Waals surface area contributed by atoms with Crippen LogP contribution in [0.3, 0.4) is 0 Å². The van der Waals surface area contributed by atoms with E-state index in [1.54, 1.807) is 0 Å². The van der Waals surface area contributed by atoms with Crippen molar-refractivity contribution in [2.45, 2.75) is 53.8 Å². The molecule has 5 heteroatoms. The molecule has 1 N–H and O–H groups in total. The van der Waals surface area contributed by atoms with Crippen LogP contribution in [0.15, 0.2) is 22.7 Å². The molecule has 1 aromatic carbocycles. The fourth-order valence-corrected chi connectivity index (χ4v) is 3.60. The Morgan fingerprint density at radius 2 is 1.79 bits per heavy atom. The summed E-state index contributed by atoms with van der Waals surface area (Å²) >= 11 is 3.54. The molecule has 4 nitrogen and oxygen atoms in total. The van der Waals surface area contributed by atoms with Crippen molar-refractivity contribution >= 4 is 26.8 Å². The standard InChI is InChI=1S/C19H24BrN3O/c1-11-6-7-18-17(8-11)12(2)14(4)22(18)9-16(24)10-23-15(5)19(20)13(3)21-23/h6-8,16,24H,9-10H2,1-5H3/t16-/m0/s1. The number of hydrogen-bond donors (Lipinski definition) is 1. The lowest BCUT2D eigenvalue weighted by Gasteiger charge is -2.16. The Labute approximate surface area is 151 Å². The summed E-state index contributed by atoms with van der Waals surface area (Å²) < 4.78 is 5.11. The Kier molecular flexibility index (Phi) is 4.58. The summed E-state index contributed by atoms with van der Waals surface area (Å²) in [6.07, 6.45) is -0.495. The molecule has 2 heterocycles. The molecule has 0 saturated heterocycles. The molecule has 24 heavy (non-hydrogen) atoms. The minimum Gasteiger partial charge on any atom is -0.389 e. The van der Waals surface area contributed by atoms with Crippen LogP contribution in [0.5, 0.6) is 0 Å².